The molecule has 0 rings (SSSR count). The van der Waals surface area contributed by atoms with E-state index in [9.17, 15) is 9.59 Å². The summed E-state index contributed by atoms with van der Waals surface area (Å²) in [5.41, 5.74) is 5.73. The fourth-order valence-electron chi connectivity index (χ4n) is 1.41. The summed E-state index contributed by atoms with van der Waals surface area (Å²) in [7, 11) is 1.50. The van der Waals surface area contributed by atoms with Gasteiger partial charge in [0.25, 0.3) is 0 Å². The monoisotopic (exact) mass is 246 g/mol. The van der Waals surface area contributed by atoms with Gasteiger partial charge in [-0.15, -0.1) is 0 Å². The molecule has 0 aromatic heterocycles. The smallest absolute Gasteiger partial charge is 0.323 e. The molecule has 0 saturated heterocycles. The number of rotatable bonds is 9. The number of unbranched alkanes of at least 4 members (excludes halogenated alkanes) is 1. The Bertz CT molecular complexity index is 246. The lowest BCUT2D eigenvalue weighted by Crippen LogP contribution is -2.47. The van der Waals surface area contributed by atoms with E-state index in [1.807, 2.05) is 6.92 Å². The van der Waals surface area contributed by atoms with Crippen LogP contribution >= 0.6 is 0 Å². The maximum Gasteiger partial charge on any atom is 0.323 e. The Morgan fingerprint density at radius 1 is 1.47 bits per heavy atom. The van der Waals surface area contributed by atoms with Gasteiger partial charge in [-0.2, -0.15) is 0 Å². The largest absolute Gasteiger partial charge is 0.480 e. The predicted octanol–water partition coefficient (Wildman–Crippen LogP) is 0.0635. The van der Waals surface area contributed by atoms with E-state index in [0.717, 1.165) is 12.8 Å². The number of carboxylic acid groups (broad SMARTS) is 1. The number of hydrogen-bond donors (Lipinski definition) is 2. The molecule has 0 bridgehead atoms. The van der Waals surface area contributed by atoms with E-state index in [1.165, 1.54) is 12.0 Å². The highest BCUT2D eigenvalue weighted by molar-refractivity contribution is 5.85. The fourth-order valence-corrected chi connectivity index (χ4v) is 1.41. The first-order valence-electron chi connectivity index (χ1n) is 5.78. The molecule has 0 aliphatic rings. The summed E-state index contributed by atoms with van der Waals surface area (Å²) in [5.74, 6) is -1.37. The Morgan fingerprint density at radius 2 is 2.12 bits per heavy atom. The van der Waals surface area contributed by atoms with Crippen LogP contribution in [0.2, 0.25) is 0 Å². The maximum absolute atomic E-state index is 11.9. The van der Waals surface area contributed by atoms with Crippen LogP contribution in [0.1, 0.15) is 26.2 Å². The van der Waals surface area contributed by atoms with Crippen LogP contribution < -0.4 is 5.73 Å². The highest BCUT2D eigenvalue weighted by atomic mass is 16.5. The lowest BCUT2D eigenvalue weighted by atomic mass is 10.1. The number of nitrogens with zero attached hydrogens (tertiary/aromatic N) is 1. The van der Waals surface area contributed by atoms with Gasteiger partial charge in [0.15, 0.2) is 0 Å². The fraction of sp³-hybridized carbons (Fsp3) is 0.818. The number of hydrogen-bond acceptors (Lipinski definition) is 4. The summed E-state index contributed by atoms with van der Waals surface area (Å²) in [6.45, 7) is 2.24. The zero-order valence-electron chi connectivity index (χ0n) is 10.5. The van der Waals surface area contributed by atoms with Gasteiger partial charge in [-0.3, -0.25) is 9.59 Å². The summed E-state index contributed by atoms with van der Waals surface area (Å²) >= 11 is 0. The first-order valence-corrected chi connectivity index (χ1v) is 5.78. The highest BCUT2D eigenvalue weighted by Gasteiger charge is 2.22. The molecule has 100 valence electrons. The Labute approximate surface area is 102 Å². The Hall–Kier alpha value is -1.14. The van der Waals surface area contributed by atoms with Crippen LogP contribution in [0, 0.1) is 0 Å². The maximum atomic E-state index is 11.9. The normalized spacial score (nSPS) is 12.2. The quantitative estimate of drug-likeness (QED) is 0.600. The topological polar surface area (TPSA) is 92.9 Å². The molecule has 6 nitrogen and oxygen atoms in total. The number of amides is 1. The van der Waals surface area contributed by atoms with Crippen molar-refractivity contribution in [3.05, 3.63) is 0 Å². The molecule has 1 atom stereocenters. The number of carboxylic acids is 1. The van der Waals surface area contributed by atoms with Crippen LogP contribution in [0.3, 0.4) is 0 Å². The molecule has 1 amide bonds. The van der Waals surface area contributed by atoms with Crippen molar-refractivity contribution in [2.24, 2.45) is 5.73 Å². The summed E-state index contributed by atoms with van der Waals surface area (Å²) < 4.78 is 4.84. The van der Waals surface area contributed by atoms with Gasteiger partial charge >= 0.3 is 5.97 Å². The molecule has 0 aliphatic carbocycles. The van der Waals surface area contributed by atoms with Crippen LogP contribution in [-0.4, -0.2) is 54.7 Å². The number of carbonyl (C=O) groups excluding carboxylic acids is 1. The third-order valence-electron chi connectivity index (χ3n) is 2.39. The molecule has 0 heterocycles. The van der Waals surface area contributed by atoms with E-state index in [2.05, 4.69) is 0 Å². The molecule has 0 aliphatic heterocycles. The minimum atomic E-state index is -1.04. The Kier molecular flexibility index (Phi) is 8.35. The molecule has 0 spiro atoms. The molecular formula is C11H22N2O4. The van der Waals surface area contributed by atoms with Crippen molar-refractivity contribution in [2.45, 2.75) is 32.2 Å². The Morgan fingerprint density at radius 3 is 2.59 bits per heavy atom. The molecular weight excluding hydrogens is 224 g/mol. The second kappa shape index (κ2) is 8.95. The first-order chi connectivity index (χ1) is 8.02. The average molecular weight is 246 g/mol. The van der Waals surface area contributed by atoms with Crippen molar-refractivity contribution < 1.29 is 19.4 Å². The molecule has 0 radical (unpaired) electrons. The van der Waals surface area contributed by atoms with E-state index >= 15 is 0 Å². The zero-order chi connectivity index (χ0) is 13.3. The zero-order valence-corrected chi connectivity index (χ0v) is 10.5. The second-order valence-corrected chi connectivity index (χ2v) is 3.90. The summed E-state index contributed by atoms with van der Waals surface area (Å²) in [6, 6.07) is -0.619. The lowest BCUT2D eigenvalue weighted by molar-refractivity contribution is -0.145. The lowest BCUT2D eigenvalue weighted by Gasteiger charge is -2.23. The molecule has 0 aromatic carbocycles. The predicted molar refractivity (Wildman–Crippen MR) is 63.6 cm³/mol. The van der Waals surface area contributed by atoms with E-state index in [1.54, 1.807) is 0 Å². The Balaban J connectivity index is 4.33. The van der Waals surface area contributed by atoms with Crippen LogP contribution in [0.15, 0.2) is 0 Å². The molecule has 0 fully saturated rings. The van der Waals surface area contributed by atoms with Gasteiger partial charge in [-0.05, 0) is 6.42 Å². The van der Waals surface area contributed by atoms with Gasteiger partial charge in [0.05, 0.1) is 12.6 Å². The summed E-state index contributed by atoms with van der Waals surface area (Å²) in [5, 5.41) is 8.71. The van der Waals surface area contributed by atoms with Gasteiger partial charge in [-0.1, -0.05) is 19.8 Å². The molecule has 3 N–H and O–H groups in total. The second-order valence-electron chi connectivity index (χ2n) is 3.90. The van der Waals surface area contributed by atoms with E-state index in [4.69, 9.17) is 15.6 Å². The molecule has 0 saturated carbocycles. The van der Waals surface area contributed by atoms with Crippen molar-refractivity contribution in [1.29, 1.82) is 0 Å². The third kappa shape index (κ3) is 6.91. The van der Waals surface area contributed by atoms with Crippen LogP contribution in [-0.2, 0) is 14.3 Å². The number of ether oxygens (including phenoxy) is 1. The standard InChI is InChI=1S/C11H22N2O4/c1-3-4-5-9(12)11(16)13(6-7-17-2)8-10(14)15/h9H,3-8,12H2,1-2H3,(H,14,15)/t9-/m0/s1. The van der Waals surface area contributed by atoms with Crippen molar-refractivity contribution in [2.75, 3.05) is 26.8 Å². The number of methoxy groups -OCH3 is 1. The first kappa shape index (κ1) is 15.9. The van der Waals surface area contributed by atoms with Crippen LogP contribution in [0.4, 0.5) is 0 Å². The molecule has 6 heteroatoms. The van der Waals surface area contributed by atoms with Gasteiger partial charge in [0.1, 0.15) is 6.54 Å². The molecule has 17 heavy (non-hydrogen) atoms. The molecule has 0 aromatic rings. The minimum absolute atomic E-state index is 0.251. The van der Waals surface area contributed by atoms with Crippen molar-refractivity contribution in [1.82, 2.24) is 4.90 Å². The number of aliphatic carboxylic acids is 1. The highest BCUT2D eigenvalue weighted by Crippen LogP contribution is 2.03. The van der Waals surface area contributed by atoms with Gasteiger partial charge in [0, 0.05) is 13.7 Å². The van der Waals surface area contributed by atoms with E-state index in [-0.39, 0.29) is 19.0 Å². The van der Waals surface area contributed by atoms with Crippen molar-refractivity contribution in [3.8, 4) is 0 Å². The summed E-state index contributed by atoms with van der Waals surface area (Å²) in [4.78, 5) is 23.7. The molecule has 0 unspecified atom stereocenters. The van der Waals surface area contributed by atoms with Crippen molar-refractivity contribution >= 4 is 11.9 Å². The van der Waals surface area contributed by atoms with Gasteiger partial charge in [0.2, 0.25) is 5.91 Å². The van der Waals surface area contributed by atoms with Crippen LogP contribution in [0.5, 0.6) is 0 Å². The number of carbonyl (C=O) groups is 2. The van der Waals surface area contributed by atoms with Gasteiger partial charge in [-0.25, -0.2) is 0 Å². The van der Waals surface area contributed by atoms with Gasteiger partial charge < -0.3 is 20.5 Å². The number of nitrogens with two attached hydrogens (primary N) is 1. The summed E-state index contributed by atoms with van der Waals surface area (Å²) in [6.07, 6.45) is 2.40. The van der Waals surface area contributed by atoms with E-state index in [0.29, 0.717) is 13.0 Å². The van der Waals surface area contributed by atoms with Crippen LogP contribution in [0.25, 0.3) is 0 Å². The average Bonchev–Trinajstić information content (AvgIpc) is 2.29. The third-order valence-corrected chi connectivity index (χ3v) is 2.39. The van der Waals surface area contributed by atoms with Crippen molar-refractivity contribution in [3.63, 3.8) is 0 Å². The SMILES string of the molecule is CCCC[C@H](N)C(=O)N(CCOC)CC(=O)O. The minimum Gasteiger partial charge on any atom is -0.480 e. The van der Waals surface area contributed by atoms with E-state index < -0.39 is 12.0 Å².